The molecule has 0 atom stereocenters. The van der Waals surface area contributed by atoms with Crippen LogP contribution in [-0.4, -0.2) is 49.2 Å². The van der Waals surface area contributed by atoms with E-state index in [1.165, 1.54) is 36.2 Å². The molecule has 11 heteroatoms. The lowest BCUT2D eigenvalue weighted by atomic mass is 10.2. The normalized spacial score (nSPS) is 17.1. The summed E-state index contributed by atoms with van der Waals surface area (Å²) in [5.74, 6) is -0.439. The first-order valence-corrected chi connectivity index (χ1v) is 13.2. The van der Waals surface area contributed by atoms with E-state index < -0.39 is 15.9 Å². The van der Waals surface area contributed by atoms with Gasteiger partial charge in [0.25, 0.3) is 5.91 Å². The van der Waals surface area contributed by atoms with E-state index in [4.69, 9.17) is 4.74 Å². The molecule has 34 heavy (non-hydrogen) atoms. The van der Waals surface area contributed by atoms with Crippen LogP contribution in [0.2, 0.25) is 0 Å². The number of hydrogen-bond donors (Lipinski definition) is 3. The third kappa shape index (κ3) is 5.95. The quantitative estimate of drug-likeness (QED) is 0.496. The predicted molar refractivity (Wildman–Crippen MR) is 126 cm³/mol. The molecule has 2 aliphatic rings. The van der Waals surface area contributed by atoms with Crippen LogP contribution in [0.4, 0.5) is 5.69 Å². The van der Waals surface area contributed by atoms with Crippen molar-refractivity contribution < 1.29 is 22.7 Å². The van der Waals surface area contributed by atoms with Crippen molar-refractivity contribution in [3.05, 3.63) is 36.2 Å². The third-order valence-electron chi connectivity index (χ3n) is 6.31. The molecule has 0 aliphatic heterocycles. The highest BCUT2D eigenvalue weighted by molar-refractivity contribution is 7.89. The van der Waals surface area contributed by atoms with Gasteiger partial charge in [0.2, 0.25) is 15.9 Å². The van der Waals surface area contributed by atoms with Crippen LogP contribution in [0.5, 0.6) is 5.75 Å². The summed E-state index contributed by atoms with van der Waals surface area (Å²) < 4.78 is 35.3. The van der Waals surface area contributed by atoms with Crippen molar-refractivity contribution in [2.24, 2.45) is 0 Å². The Hall–Kier alpha value is -2.92. The minimum atomic E-state index is -3.85. The van der Waals surface area contributed by atoms with Crippen LogP contribution in [0.3, 0.4) is 0 Å². The highest BCUT2D eigenvalue weighted by Crippen LogP contribution is 2.27. The molecule has 0 unspecified atom stereocenters. The summed E-state index contributed by atoms with van der Waals surface area (Å²) in [6, 6.07) is 4.40. The van der Waals surface area contributed by atoms with Crippen LogP contribution in [0.1, 0.15) is 61.7 Å². The zero-order valence-corrected chi connectivity index (χ0v) is 20.1. The summed E-state index contributed by atoms with van der Waals surface area (Å²) >= 11 is 0. The maximum absolute atomic E-state index is 13.0. The van der Waals surface area contributed by atoms with Crippen LogP contribution >= 0.6 is 0 Å². The van der Waals surface area contributed by atoms with Crippen molar-refractivity contribution >= 4 is 27.5 Å². The van der Waals surface area contributed by atoms with Crippen molar-refractivity contribution in [2.45, 2.75) is 74.9 Å². The van der Waals surface area contributed by atoms with Gasteiger partial charge in [0.15, 0.2) is 0 Å². The number of aromatic nitrogens is 2. The molecule has 184 valence electrons. The Morgan fingerprint density at radius 3 is 2.44 bits per heavy atom. The van der Waals surface area contributed by atoms with E-state index in [9.17, 15) is 18.0 Å². The number of carbonyl (C=O) groups is 2. The fourth-order valence-electron chi connectivity index (χ4n) is 4.56. The molecular weight excluding hydrogens is 458 g/mol. The Kier molecular flexibility index (Phi) is 7.52. The average Bonchev–Trinajstić information content (AvgIpc) is 3.57. The lowest BCUT2D eigenvalue weighted by molar-refractivity contribution is -0.122. The smallest absolute Gasteiger partial charge is 0.255 e. The van der Waals surface area contributed by atoms with Gasteiger partial charge in [0, 0.05) is 23.8 Å². The first kappa shape index (κ1) is 24.2. The molecule has 4 rings (SSSR count). The second-order valence-electron chi connectivity index (χ2n) is 8.90. The summed E-state index contributed by atoms with van der Waals surface area (Å²) in [5, 5.41) is 9.84. The largest absolute Gasteiger partial charge is 0.495 e. The zero-order chi connectivity index (χ0) is 24.1. The Morgan fingerprint density at radius 1 is 1.09 bits per heavy atom. The first-order valence-electron chi connectivity index (χ1n) is 11.7. The van der Waals surface area contributed by atoms with Gasteiger partial charge in [-0.3, -0.25) is 14.3 Å². The monoisotopic (exact) mass is 489 g/mol. The molecule has 2 amide bonds. The number of methoxy groups -OCH3 is 1. The molecule has 0 spiro atoms. The van der Waals surface area contributed by atoms with Gasteiger partial charge in [-0.15, -0.1) is 0 Å². The maximum Gasteiger partial charge on any atom is 0.255 e. The minimum absolute atomic E-state index is 0.0597. The lowest BCUT2D eigenvalue weighted by Crippen LogP contribution is -2.35. The van der Waals surface area contributed by atoms with Gasteiger partial charge in [0.05, 0.1) is 19.0 Å². The predicted octanol–water partition coefficient (Wildman–Crippen LogP) is 2.42. The number of amides is 2. The number of sulfonamides is 1. The summed E-state index contributed by atoms with van der Waals surface area (Å²) in [6.07, 6.45) is 10.9. The summed E-state index contributed by atoms with van der Waals surface area (Å²) in [5.41, 5.74) is 0.572. The zero-order valence-electron chi connectivity index (χ0n) is 19.2. The molecule has 2 saturated carbocycles. The van der Waals surface area contributed by atoms with Crippen molar-refractivity contribution in [3.63, 3.8) is 0 Å². The number of nitrogens with zero attached hydrogens (tertiary/aromatic N) is 2. The molecule has 3 N–H and O–H groups in total. The van der Waals surface area contributed by atoms with Crippen LogP contribution in [0.25, 0.3) is 0 Å². The van der Waals surface area contributed by atoms with E-state index in [0.29, 0.717) is 5.69 Å². The second-order valence-corrected chi connectivity index (χ2v) is 10.6. The van der Waals surface area contributed by atoms with E-state index in [0.717, 1.165) is 51.4 Å². The summed E-state index contributed by atoms with van der Waals surface area (Å²) in [4.78, 5) is 24.9. The fourth-order valence-corrected chi connectivity index (χ4v) is 6.06. The maximum atomic E-state index is 13.0. The van der Waals surface area contributed by atoms with Gasteiger partial charge in [0.1, 0.15) is 17.2 Å². The van der Waals surface area contributed by atoms with E-state index in [1.54, 1.807) is 6.20 Å². The van der Waals surface area contributed by atoms with Crippen molar-refractivity contribution in [1.29, 1.82) is 0 Å². The highest BCUT2D eigenvalue weighted by atomic mass is 32.2. The fraction of sp³-hybridized carbons (Fsp3) is 0.522. The molecule has 0 saturated heterocycles. The molecule has 1 aromatic heterocycles. The number of hydrogen-bond acceptors (Lipinski definition) is 6. The van der Waals surface area contributed by atoms with Gasteiger partial charge < -0.3 is 15.4 Å². The van der Waals surface area contributed by atoms with Crippen LogP contribution < -0.4 is 20.1 Å². The van der Waals surface area contributed by atoms with E-state index >= 15 is 0 Å². The van der Waals surface area contributed by atoms with Gasteiger partial charge in [-0.1, -0.05) is 25.7 Å². The molecule has 0 bridgehead atoms. The van der Waals surface area contributed by atoms with Gasteiger partial charge in [-0.2, -0.15) is 5.10 Å². The molecule has 2 aromatic rings. The van der Waals surface area contributed by atoms with Crippen LogP contribution in [0, 0.1) is 0 Å². The van der Waals surface area contributed by atoms with E-state index in [1.807, 2.05) is 0 Å². The van der Waals surface area contributed by atoms with Crippen molar-refractivity contribution in [1.82, 2.24) is 19.8 Å². The van der Waals surface area contributed by atoms with Crippen molar-refractivity contribution in [2.75, 3.05) is 12.4 Å². The van der Waals surface area contributed by atoms with Gasteiger partial charge in [-0.05, 0) is 43.9 Å². The molecular formula is C23H31N5O5S. The molecule has 1 aromatic carbocycles. The van der Waals surface area contributed by atoms with E-state index in [2.05, 4.69) is 20.5 Å². The lowest BCUT2D eigenvalue weighted by Gasteiger charge is -2.15. The SMILES string of the molecule is COc1ccc(C(=O)Nc2cnn(CC(=O)NC3CCCC3)c2)cc1S(=O)(=O)NC1CCCC1. The number of anilines is 1. The summed E-state index contributed by atoms with van der Waals surface area (Å²) in [7, 11) is -2.46. The molecule has 2 fully saturated rings. The Labute approximate surface area is 199 Å². The molecule has 1 heterocycles. The second kappa shape index (κ2) is 10.6. The number of nitrogens with one attached hydrogen (secondary N) is 3. The van der Waals surface area contributed by atoms with Crippen LogP contribution in [0.15, 0.2) is 35.5 Å². The molecule has 0 radical (unpaired) electrons. The average molecular weight is 490 g/mol. The summed E-state index contributed by atoms with van der Waals surface area (Å²) in [6.45, 7) is 0.0597. The Balaban J connectivity index is 1.42. The van der Waals surface area contributed by atoms with Crippen molar-refractivity contribution in [3.8, 4) is 5.75 Å². The van der Waals surface area contributed by atoms with Crippen LogP contribution in [-0.2, 0) is 21.4 Å². The number of benzene rings is 1. The van der Waals surface area contributed by atoms with E-state index in [-0.39, 0.29) is 40.7 Å². The number of carbonyl (C=O) groups excluding carboxylic acids is 2. The number of rotatable bonds is 9. The minimum Gasteiger partial charge on any atom is -0.495 e. The molecule has 10 nitrogen and oxygen atoms in total. The first-order chi connectivity index (χ1) is 16.3. The third-order valence-corrected chi connectivity index (χ3v) is 7.85. The Bertz CT molecular complexity index is 1130. The topological polar surface area (TPSA) is 131 Å². The standard InChI is InChI=1S/C23H31N5O5S/c1-33-20-11-10-16(12-21(20)34(31,32)27-18-8-4-5-9-18)23(30)26-19-13-24-28(14-19)15-22(29)25-17-6-2-3-7-17/h10-14,17-18,27H,2-9,15H2,1H3,(H,25,29)(H,26,30). The highest BCUT2D eigenvalue weighted by Gasteiger charge is 2.27. The Morgan fingerprint density at radius 2 is 1.76 bits per heavy atom. The van der Waals surface area contributed by atoms with Gasteiger partial charge in [-0.25, -0.2) is 13.1 Å². The number of ether oxygens (including phenoxy) is 1. The van der Waals surface area contributed by atoms with Gasteiger partial charge >= 0.3 is 0 Å². The molecule has 2 aliphatic carbocycles.